The van der Waals surface area contributed by atoms with Gasteiger partial charge in [0.2, 0.25) is 5.91 Å². The van der Waals surface area contributed by atoms with E-state index in [9.17, 15) is 22.8 Å². The number of amides is 2. The number of nitrogens with one attached hydrogen (secondary N) is 1. The molecule has 1 unspecified atom stereocenters. The highest BCUT2D eigenvalue weighted by atomic mass is 32.2. The second-order valence-corrected chi connectivity index (χ2v) is 11.2. The molecule has 1 aliphatic rings. The van der Waals surface area contributed by atoms with E-state index >= 15 is 0 Å². The van der Waals surface area contributed by atoms with Gasteiger partial charge in [0.25, 0.3) is 0 Å². The summed E-state index contributed by atoms with van der Waals surface area (Å²) in [5.41, 5.74) is 1.85. The quantitative estimate of drug-likeness (QED) is 0.317. The smallest absolute Gasteiger partial charge is 0.411 e. The first-order chi connectivity index (χ1) is 20.0. The molecule has 2 amide bonds. The molecule has 0 saturated carbocycles. The van der Waals surface area contributed by atoms with Crippen LogP contribution in [-0.4, -0.2) is 68.3 Å². The number of nitrogens with zero attached hydrogens (tertiary/aromatic N) is 3. The highest BCUT2D eigenvalue weighted by Gasteiger charge is 2.32. The maximum absolute atomic E-state index is 12.4. The Balaban J connectivity index is 1.81. The number of ether oxygens (including phenoxy) is 3. The Hall–Kier alpha value is -4.96. The summed E-state index contributed by atoms with van der Waals surface area (Å²) in [6.45, 7) is 1.82. The lowest BCUT2D eigenvalue weighted by molar-refractivity contribution is -0.127. The van der Waals surface area contributed by atoms with Gasteiger partial charge in [0, 0.05) is 31.5 Å². The number of hydrogen-bond acceptors (Lipinski definition) is 10. The highest BCUT2D eigenvalue weighted by molar-refractivity contribution is 7.90. The Morgan fingerprint density at radius 3 is 2.48 bits per heavy atom. The highest BCUT2D eigenvalue weighted by Crippen LogP contribution is 2.41. The van der Waals surface area contributed by atoms with Gasteiger partial charge in [-0.05, 0) is 55.7 Å². The van der Waals surface area contributed by atoms with Crippen LogP contribution in [0.4, 0.5) is 10.5 Å². The molecule has 218 valence electrons. The summed E-state index contributed by atoms with van der Waals surface area (Å²) in [5.74, 6) is 5.88. The summed E-state index contributed by atoms with van der Waals surface area (Å²) in [6, 6.07) is 8.79. The van der Waals surface area contributed by atoms with Crippen molar-refractivity contribution in [1.82, 2.24) is 14.9 Å². The molecule has 1 N–H and O–H groups in total. The fourth-order valence-corrected chi connectivity index (χ4v) is 4.77. The van der Waals surface area contributed by atoms with Crippen LogP contribution in [0.3, 0.4) is 0 Å². The molecule has 0 spiro atoms. The van der Waals surface area contributed by atoms with E-state index in [4.69, 9.17) is 14.2 Å². The summed E-state index contributed by atoms with van der Waals surface area (Å²) in [6.07, 6.45) is 3.83. The number of hydrogen-bond donors (Lipinski definition) is 1. The summed E-state index contributed by atoms with van der Waals surface area (Å²) in [4.78, 5) is 46.3. The van der Waals surface area contributed by atoms with Gasteiger partial charge in [-0.25, -0.2) is 28.0 Å². The van der Waals surface area contributed by atoms with Gasteiger partial charge < -0.3 is 19.1 Å². The molecular weight excluding hydrogens is 564 g/mol. The molecule has 1 saturated heterocycles. The third kappa shape index (κ3) is 7.02. The van der Waals surface area contributed by atoms with E-state index in [1.165, 1.54) is 37.7 Å². The van der Waals surface area contributed by atoms with Crippen LogP contribution in [-0.2, 0) is 24.1 Å². The molecule has 13 heteroatoms. The zero-order valence-electron chi connectivity index (χ0n) is 23.3. The average Bonchev–Trinajstić information content (AvgIpc) is 3.30. The number of benzene rings is 1. The van der Waals surface area contributed by atoms with Crippen LogP contribution in [0.5, 0.6) is 11.5 Å². The van der Waals surface area contributed by atoms with Crippen molar-refractivity contribution < 1.29 is 37.0 Å². The molecule has 3 heterocycles. The lowest BCUT2D eigenvalue weighted by Gasteiger charge is -2.24. The third-order valence-corrected chi connectivity index (χ3v) is 7.34. The predicted molar refractivity (Wildman–Crippen MR) is 151 cm³/mol. The zero-order chi connectivity index (χ0) is 30.4. The van der Waals surface area contributed by atoms with Crippen LogP contribution in [0.25, 0.3) is 0 Å². The van der Waals surface area contributed by atoms with Crippen LogP contribution in [0.2, 0.25) is 0 Å². The largest absolute Gasteiger partial charge is 0.465 e. The molecule has 0 bridgehead atoms. The van der Waals surface area contributed by atoms with Gasteiger partial charge in [-0.15, -0.1) is 0 Å². The van der Waals surface area contributed by atoms with E-state index in [1.807, 2.05) is 0 Å². The van der Waals surface area contributed by atoms with E-state index in [2.05, 4.69) is 27.1 Å². The van der Waals surface area contributed by atoms with Gasteiger partial charge in [-0.1, -0.05) is 5.92 Å². The maximum atomic E-state index is 12.4. The first-order valence-electron chi connectivity index (χ1n) is 12.8. The molecule has 1 fully saturated rings. The van der Waals surface area contributed by atoms with Crippen LogP contribution in [0.1, 0.15) is 53.0 Å². The molecule has 42 heavy (non-hydrogen) atoms. The molecule has 12 nitrogen and oxygen atoms in total. The second-order valence-electron chi connectivity index (χ2n) is 9.22. The van der Waals surface area contributed by atoms with Gasteiger partial charge in [-0.2, -0.15) is 0 Å². The number of sulfone groups is 1. The van der Waals surface area contributed by atoms with Crippen molar-refractivity contribution in [3.8, 4) is 23.3 Å². The summed E-state index contributed by atoms with van der Waals surface area (Å²) < 4.78 is 39.6. The van der Waals surface area contributed by atoms with Crippen molar-refractivity contribution >= 4 is 33.5 Å². The Kier molecular flexibility index (Phi) is 9.07. The van der Waals surface area contributed by atoms with E-state index < -0.39 is 21.9 Å². The number of methoxy groups -OCH3 is 1. The minimum absolute atomic E-state index is 0.0460. The molecular formula is C29H28N4O8S. The van der Waals surface area contributed by atoms with Gasteiger partial charge in [-0.3, -0.25) is 10.1 Å². The van der Waals surface area contributed by atoms with Gasteiger partial charge in [0.15, 0.2) is 14.9 Å². The van der Waals surface area contributed by atoms with Crippen molar-refractivity contribution in [3.63, 3.8) is 0 Å². The van der Waals surface area contributed by atoms with E-state index in [1.54, 1.807) is 37.1 Å². The molecule has 0 radical (unpaired) electrons. The maximum Gasteiger partial charge on any atom is 0.411 e. The average molecular weight is 593 g/mol. The lowest BCUT2D eigenvalue weighted by Crippen LogP contribution is -2.23. The summed E-state index contributed by atoms with van der Waals surface area (Å²) in [5, 5.41) is 2.59. The summed E-state index contributed by atoms with van der Waals surface area (Å²) in [7, 11) is -0.558. The Bertz CT molecular complexity index is 1680. The van der Waals surface area contributed by atoms with E-state index in [-0.39, 0.29) is 34.9 Å². The monoisotopic (exact) mass is 592 g/mol. The Labute approximate surface area is 242 Å². The first kappa shape index (κ1) is 30.0. The number of anilines is 1. The number of pyridine rings is 2. The van der Waals surface area contributed by atoms with E-state index in [0.717, 1.165) is 6.26 Å². The van der Waals surface area contributed by atoms with Crippen molar-refractivity contribution in [2.24, 2.45) is 0 Å². The standard InChI is InChI=1S/C29H28N4O8S/c1-5-40-29(36)32-23-15-22(24-11-13-27(34)33(24)2)25(41-21-10-12-26(31-17-21)42(4,37)38)14-18(23)6-8-20-9-7-19(16-30-20)28(35)39-3/h7,9-10,12,14-17,24H,5,11,13H2,1-4H3,(H,32,36). The van der Waals surface area contributed by atoms with Gasteiger partial charge in [0.05, 0.1) is 42.8 Å². The minimum atomic E-state index is -3.51. The molecule has 0 aliphatic carbocycles. The van der Waals surface area contributed by atoms with Crippen LogP contribution in [0, 0.1) is 11.8 Å². The third-order valence-electron chi connectivity index (χ3n) is 6.34. The van der Waals surface area contributed by atoms with Gasteiger partial charge in [0.1, 0.15) is 17.2 Å². The molecule has 1 atom stereocenters. The van der Waals surface area contributed by atoms with Gasteiger partial charge >= 0.3 is 12.1 Å². The Morgan fingerprint density at radius 1 is 1.12 bits per heavy atom. The number of esters is 1. The molecule has 1 aromatic carbocycles. The number of likely N-dealkylation sites (tertiary alicyclic amines) is 1. The van der Waals surface area contributed by atoms with Crippen LogP contribution in [0.15, 0.2) is 53.8 Å². The Morgan fingerprint density at radius 2 is 1.90 bits per heavy atom. The fraction of sp³-hybridized carbons (Fsp3) is 0.276. The van der Waals surface area contributed by atoms with Crippen molar-refractivity contribution in [2.45, 2.75) is 30.8 Å². The number of aromatic nitrogens is 2. The van der Waals surface area contributed by atoms with Crippen LogP contribution < -0.4 is 10.1 Å². The normalized spacial score (nSPS) is 14.5. The number of rotatable bonds is 7. The molecule has 3 aromatic rings. The van der Waals surface area contributed by atoms with E-state index in [0.29, 0.717) is 41.1 Å². The fourth-order valence-electron chi connectivity index (χ4n) is 4.21. The van der Waals surface area contributed by atoms with Crippen molar-refractivity contribution in [1.29, 1.82) is 0 Å². The van der Waals surface area contributed by atoms with Crippen molar-refractivity contribution in [3.05, 3.63) is 71.2 Å². The predicted octanol–water partition coefficient (Wildman–Crippen LogP) is 3.72. The molecule has 2 aromatic heterocycles. The summed E-state index contributed by atoms with van der Waals surface area (Å²) >= 11 is 0. The second kappa shape index (κ2) is 12.7. The van der Waals surface area contributed by atoms with Crippen LogP contribution >= 0.6 is 0 Å². The molecule has 4 rings (SSSR count). The SMILES string of the molecule is CCOC(=O)Nc1cc(C2CCC(=O)N2C)c(Oc2ccc(S(C)(=O)=O)nc2)cc1C#Cc1ccc(C(=O)OC)cn1. The number of carbonyl (C=O) groups is 3. The zero-order valence-corrected chi connectivity index (χ0v) is 24.1. The lowest BCUT2D eigenvalue weighted by atomic mass is 9.99. The number of carbonyl (C=O) groups excluding carboxylic acids is 3. The van der Waals surface area contributed by atoms with Crippen molar-refractivity contribution in [2.75, 3.05) is 32.3 Å². The minimum Gasteiger partial charge on any atom is -0.465 e. The molecule has 1 aliphatic heterocycles. The topological polar surface area (TPSA) is 154 Å². The first-order valence-corrected chi connectivity index (χ1v) is 14.7.